The molecule has 0 N–H and O–H groups in total. The lowest BCUT2D eigenvalue weighted by molar-refractivity contribution is -0.148. The van der Waals surface area contributed by atoms with Crippen LogP contribution >= 0.6 is 0 Å². The Morgan fingerprint density at radius 1 is 1.24 bits per heavy atom. The second-order valence-corrected chi connectivity index (χ2v) is 7.35. The number of hydrogen-bond acceptors (Lipinski definition) is 7. The van der Waals surface area contributed by atoms with Crippen LogP contribution in [0.2, 0.25) is 0 Å². The van der Waals surface area contributed by atoms with Gasteiger partial charge in [-0.2, -0.15) is 0 Å². The van der Waals surface area contributed by atoms with Gasteiger partial charge in [-0.1, -0.05) is 18.2 Å². The van der Waals surface area contributed by atoms with Crippen molar-refractivity contribution in [2.24, 2.45) is 5.92 Å². The number of ether oxygens (including phenoxy) is 3. The van der Waals surface area contributed by atoms with Crippen molar-refractivity contribution in [1.82, 2.24) is 0 Å². The predicted octanol–water partition coefficient (Wildman–Crippen LogP) is 2.76. The van der Waals surface area contributed by atoms with E-state index in [1.54, 1.807) is 13.0 Å². The van der Waals surface area contributed by atoms with Crippen molar-refractivity contribution < 1.29 is 33.4 Å². The largest absolute Gasteiger partial charge is 0.458 e. The molecular weight excluding hydrogens is 376 g/mol. The van der Waals surface area contributed by atoms with Crippen LogP contribution in [0.1, 0.15) is 40.5 Å². The van der Waals surface area contributed by atoms with Crippen molar-refractivity contribution in [1.29, 1.82) is 0 Å². The van der Waals surface area contributed by atoms with Crippen LogP contribution in [-0.4, -0.2) is 42.5 Å². The van der Waals surface area contributed by atoms with E-state index in [-0.39, 0.29) is 11.1 Å². The third kappa shape index (κ3) is 5.53. The molecule has 2 aliphatic rings. The number of hydrogen-bond donors (Lipinski definition) is 0. The molecule has 7 nitrogen and oxygen atoms in total. The van der Waals surface area contributed by atoms with Gasteiger partial charge in [-0.05, 0) is 38.5 Å². The van der Waals surface area contributed by atoms with Gasteiger partial charge < -0.3 is 14.2 Å². The predicted molar refractivity (Wildman–Crippen MR) is 105 cm³/mol. The summed E-state index contributed by atoms with van der Waals surface area (Å²) in [6, 6.07) is 0. The highest BCUT2D eigenvalue weighted by atomic mass is 16.6. The standard InChI is InChI=1S/C22H26O7/c1-12-6-7-17(27-16(5)24)14(3)11-19-20(15(4)22(26)29-19)18(10-12)28-21(25)13(2)8-9-23/h6,8-9,11,17-20H,4,7,10H2,1-3,5H3/b12-6+,13-8+,14-11+/t17-,18+,19+,20+/m0/s1. The smallest absolute Gasteiger partial charge is 0.334 e. The van der Waals surface area contributed by atoms with Crippen molar-refractivity contribution in [3.05, 3.63) is 47.1 Å². The molecule has 1 heterocycles. The second-order valence-electron chi connectivity index (χ2n) is 7.35. The fourth-order valence-electron chi connectivity index (χ4n) is 3.43. The quantitative estimate of drug-likeness (QED) is 0.235. The summed E-state index contributed by atoms with van der Waals surface area (Å²) < 4.78 is 16.5. The fraction of sp³-hybridized carbons (Fsp3) is 0.455. The molecule has 0 aromatic heterocycles. The van der Waals surface area contributed by atoms with Gasteiger partial charge in [0.2, 0.25) is 0 Å². The van der Waals surface area contributed by atoms with Gasteiger partial charge in [0.05, 0.1) is 5.92 Å². The zero-order valence-electron chi connectivity index (χ0n) is 17.1. The normalized spacial score (nSPS) is 31.4. The molecule has 1 aliphatic carbocycles. The van der Waals surface area contributed by atoms with Gasteiger partial charge in [-0.25, -0.2) is 9.59 Å². The van der Waals surface area contributed by atoms with Crippen molar-refractivity contribution in [2.75, 3.05) is 0 Å². The molecule has 7 heteroatoms. The molecule has 0 aromatic rings. The number of aldehydes is 1. The number of esters is 3. The first-order valence-corrected chi connectivity index (χ1v) is 9.38. The Balaban J connectivity index is 2.43. The molecule has 0 amide bonds. The van der Waals surface area contributed by atoms with Gasteiger partial charge in [0.25, 0.3) is 0 Å². The molecule has 0 aromatic carbocycles. The van der Waals surface area contributed by atoms with E-state index in [4.69, 9.17) is 14.2 Å². The third-order valence-corrected chi connectivity index (χ3v) is 5.01. The van der Waals surface area contributed by atoms with Crippen LogP contribution < -0.4 is 0 Å². The van der Waals surface area contributed by atoms with E-state index in [0.717, 1.165) is 17.2 Å². The van der Waals surface area contributed by atoms with E-state index in [9.17, 15) is 19.2 Å². The monoisotopic (exact) mass is 402 g/mol. The zero-order chi connectivity index (χ0) is 21.7. The molecule has 0 bridgehead atoms. The molecule has 0 spiro atoms. The SMILES string of the molecule is C=C1C(=O)O[C@@H]2/C=C(\C)[C@@H](OC(C)=O)C/C=C(\C)C[C@@H](OC(=O)/C(C)=C/C=O)[C@@H]12. The Hall–Kier alpha value is -2.96. The topological polar surface area (TPSA) is 96.0 Å². The summed E-state index contributed by atoms with van der Waals surface area (Å²) >= 11 is 0. The Labute approximate surface area is 170 Å². The lowest BCUT2D eigenvalue weighted by Gasteiger charge is -2.28. The van der Waals surface area contributed by atoms with Crippen LogP contribution in [0, 0.1) is 5.92 Å². The number of carbonyl (C=O) groups excluding carboxylic acids is 4. The highest BCUT2D eigenvalue weighted by molar-refractivity contribution is 5.93. The third-order valence-electron chi connectivity index (χ3n) is 5.01. The van der Waals surface area contributed by atoms with Gasteiger partial charge in [-0.3, -0.25) is 9.59 Å². The highest BCUT2D eigenvalue weighted by Gasteiger charge is 2.44. The Bertz CT molecular complexity index is 815. The minimum Gasteiger partial charge on any atom is -0.458 e. The average Bonchev–Trinajstić information content (AvgIpc) is 2.90. The molecule has 1 aliphatic heterocycles. The molecule has 1 fully saturated rings. The second kappa shape index (κ2) is 9.49. The Morgan fingerprint density at radius 2 is 1.93 bits per heavy atom. The van der Waals surface area contributed by atoms with Gasteiger partial charge in [0.15, 0.2) is 0 Å². The molecule has 1 saturated heterocycles. The molecule has 0 radical (unpaired) electrons. The summed E-state index contributed by atoms with van der Waals surface area (Å²) in [6.45, 7) is 10.3. The maximum atomic E-state index is 12.4. The minimum absolute atomic E-state index is 0.160. The first-order valence-electron chi connectivity index (χ1n) is 9.38. The average molecular weight is 402 g/mol. The number of carbonyl (C=O) groups is 4. The molecular formula is C22H26O7. The van der Waals surface area contributed by atoms with E-state index >= 15 is 0 Å². The molecule has 29 heavy (non-hydrogen) atoms. The molecule has 156 valence electrons. The number of fused-ring (bicyclic) bond motifs is 1. The summed E-state index contributed by atoms with van der Waals surface area (Å²) in [6.07, 6.45) is 4.19. The van der Waals surface area contributed by atoms with E-state index in [1.807, 2.05) is 13.0 Å². The maximum Gasteiger partial charge on any atom is 0.334 e. The fourth-order valence-corrected chi connectivity index (χ4v) is 3.43. The zero-order valence-corrected chi connectivity index (χ0v) is 17.1. The van der Waals surface area contributed by atoms with Crippen LogP contribution in [0.25, 0.3) is 0 Å². The summed E-state index contributed by atoms with van der Waals surface area (Å²) in [5.41, 5.74) is 2.00. The van der Waals surface area contributed by atoms with Crippen LogP contribution in [0.3, 0.4) is 0 Å². The van der Waals surface area contributed by atoms with Crippen LogP contribution in [-0.2, 0) is 33.4 Å². The van der Waals surface area contributed by atoms with Crippen molar-refractivity contribution >= 4 is 24.2 Å². The van der Waals surface area contributed by atoms with E-state index in [0.29, 0.717) is 19.1 Å². The summed E-state index contributed by atoms with van der Waals surface area (Å²) in [5.74, 6) is -2.20. The van der Waals surface area contributed by atoms with E-state index in [1.165, 1.54) is 13.8 Å². The Morgan fingerprint density at radius 3 is 2.55 bits per heavy atom. The van der Waals surface area contributed by atoms with Crippen LogP contribution in [0.5, 0.6) is 0 Å². The van der Waals surface area contributed by atoms with Crippen molar-refractivity contribution in [3.8, 4) is 0 Å². The number of rotatable bonds is 4. The Kier molecular flexibility index (Phi) is 7.31. The summed E-state index contributed by atoms with van der Waals surface area (Å²) in [4.78, 5) is 46.7. The summed E-state index contributed by atoms with van der Waals surface area (Å²) in [5, 5.41) is 0. The summed E-state index contributed by atoms with van der Waals surface area (Å²) in [7, 11) is 0. The number of allylic oxidation sites excluding steroid dienone is 1. The van der Waals surface area contributed by atoms with Crippen molar-refractivity contribution in [2.45, 2.75) is 58.8 Å². The highest BCUT2D eigenvalue weighted by Crippen LogP contribution is 2.36. The molecule has 0 saturated carbocycles. The first kappa shape index (κ1) is 22.3. The van der Waals surface area contributed by atoms with Crippen LogP contribution in [0.4, 0.5) is 0 Å². The van der Waals surface area contributed by atoms with Gasteiger partial charge in [-0.15, -0.1) is 0 Å². The molecule has 0 unspecified atom stereocenters. The minimum atomic E-state index is -0.702. The van der Waals surface area contributed by atoms with Crippen LogP contribution in [0.15, 0.2) is 47.1 Å². The van der Waals surface area contributed by atoms with E-state index in [2.05, 4.69) is 6.58 Å². The first-order chi connectivity index (χ1) is 13.6. The lowest BCUT2D eigenvalue weighted by atomic mass is 9.85. The maximum absolute atomic E-state index is 12.4. The van der Waals surface area contributed by atoms with E-state index < -0.39 is 42.1 Å². The van der Waals surface area contributed by atoms with Gasteiger partial charge in [0, 0.05) is 30.9 Å². The van der Waals surface area contributed by atoms with Crippen molar-refractivity contribution in [3.63, 3.8) is 0 Å². The van der Waals surface area contributed by atoms with Gasteiger partial charge in [0.1, 0.15) is 24.6 Å². The lowest BCUT2D eigenvalue weighted by Crippen LogP contribution is -2.34. The van der Waals surface area contributed by atoms with Gasteiger partial charge >= 0.3 is 17.9 Å². The molecule has 4 atom stereocenters. The molecule has 2 rings (SSSR count).